The second kappa shape index (κ2) is 4.70. The third-order valence-electron chi connectivity index (χ3n) is 3.11. The van der Waals surface area contributed by atoms with E-state index >= 15 is 0 Å². The molecule has 2 N–H and O–H groups in total. The van der Waals surface area contributed by atoms with Gasteiger partial charge >= 0.3 is 0 Å². The fourth-order valence-corrected chi connectivity index (χ4v) is 2.26. The fraction of sp³-hybridized carbons (Fsp3) is 0.583. The van der Waals surface area contributed by atoms with Gasteiger partial charge in [-0.25, -0.2) is 0 Å². The highest BCUT2D eigenvalue weighted by molar-refractivity contribution is 5.20. The van der Waals surface area contributed by atoms with E-state index in [4.69, 9.17) is 7.85 Å². The van der Waals surface area contributed by atoms with Crippen molar-refractivity contribution in [2.24, 2.45) is 0 Å². The van der Waals surface area contributed by atoms with E-state index in [1.54, 1.807) is 0 Å². The molecule has 4 nitrogen and oxygen atoms in total. The van der Waals surface area contributed by atoms with Crippen molar-refractivity contribution >= 4 is 0 Å². The third-order valence-corrected chi connectivity index (χ3v) is 3.11. The van der Waals surface area contributed by atoms with Crippen LogP contribution in [0.4, 0.5) is 0 Å². The number of aliphatic hydroxyl groups is 1. The zero-order valence-corrected chi connectivity index (χ0v) is 9.07. The van der Waals surface area contributed by atoms with Crippen LogP contribution in [0.15, 0.2) is 16.9 Å². The number of rotatable bonds is 2. The van der Waals surface area contributed by atoms with Gasteiger partial charge in [-0.05, 0) is 24.4 Å². The molecule has 0 saturated heterocycles. The van der Waals surface area contributed by atoms with Crippen molar-refractivity contribution in [3.8, 4) is 0 Å². The van der Waals surface area contributed by atoms with E-state index in [1.165, 1.54) is 0 Å². The van der Waals surface area contributed by atoms with Gasteiger partial charge in [0.05, 0.1) is 15.0 Å². The molecule has 0 aromatic carbocycles. The Bertz CT molecular complexity index is 507. The van der Waals surface area contributed by atoms with Crippen molar-refractivity contribution < 1.29 is 13.1 Å². The topological polar surface area (TPSA) is 62.5 Å². The number of pyridine rings is 1. The number of aliphatic hydroxyl groups excluding tert-OH is 1. The van der Waals surface area contributed by atoms with Crippen LogP contribution in [0.1, 0.15) is 52.0 Å². The Kier molecular flexibility index (Phi) is 2.59. The van der Waals surface area contributed by atoms with Gasteiger partial charge in [0.15, 0.2) is 0 Å². The van der Waals surface area contributed by atoms with Gasteiger partial charge in [-0.15, -0.1) is 0 Å². The predicted molar refractivity (Wildman–Crippen MR) is 59.6 cm³/mol. The van der Waals surface area contributed by atoms with Crippen molar-refractivity contribution in [1.82, 2.24) is 4.73 Å². The standard InChI is InChI=1S/C12H17NO3/c14-8-9-6-11(13(16)12(15)7-9)10-4-2-1-3-5-10/h6-7,10,14,16H,1-5,8H2/i6D,7D. The zero-order chi connectivity index (χ0) is 13.3. The molecule has 1 aliphatic rings. The van der Waals surface area contributed by atoms with E-state index in [1.807, 2.05) is 0 Å². The van der Waals surface area contributed by atoms with Crippen LogP contribution in [-0.2, 0) is 6.61 Å². The highest BCUT2D eigenvalue weighted by Crippen LogP contribution is 2.31. The van der Waals surface area contributed by atoms with Crippen LogP contribution in [0, 0.1) is 0 Å². The number of aromatic nitrogens is 1. The summed E-state index contributed by atoms with van der Waals surface area (Å²) >= 11 is 0. The molecule has 1 saturated carbocycles. The Morgan fingerprint density at radius 1 is 1.38 bits per heavy atom. The van der Waals surface area contributed by atoms with Crippen molar-refractivity contribution in [2.75, 3.05) is 0 Å². The summed E-state index contributed by atoms with van der Waals surface area (Å²) in [6.07, 6.45) is 4.80. The number of nitrogens with zero attached hydrogens (tertiary/aromatic N) is 1. The Hall–Kier alpha value is -1.29. The van der Waals surface area contributed by atoms with Gasteiger partial charge in [0.25, 0.3) is 5.56 Å². The van der Waals surface area contributed by atoms with E-state index in [-0.39, 0.29) is 23.2 Å². The Labute approximate surface area is 96.9 Å². The molecule has 1 heterocycles. The van der Waals surface area contributed by atoms with Crippen molar-refractivity contribution in [3.63, 3.8) is 0 Å². The summed E-state index contributed by atoms with van der Waals surface area (Å²) < 4.78 is 15.9. The van der Waals surface area contributed by atoms with Crippen molar-refractivity contribution in [1.29, 1.82) is 0 Å². The third kappa shape index (κ3) is 2.11. The maximum absolute atomic E-state index is 11.7. The van der Waals surface area contributed by atoms with Gasteiger partial charge in [-0.3, -0.25) is 4.79 Å². The lowest BCUT2D eigenvalue weighted by Gasteiger charge is -2.23. The second-order valence-corrected chi connectivity index (χ2v) is 4.22. The van der Waals surface area contributed by atoms with Gasteiger partial charge in [-0.2, -0.15) is 4.73 Å². The van der Waals surface area contributed by atoms with Gasteiger partial charge < -0.3 is 10.3 Å². The molecule has 16 heavy (non-hydrogen) atoms. The first kappa shape index (κ1) is 8.82. The van der Waals surface area contributed by atoms with Crippen LogP contribution in [0.2, 0.25) is 0 Å². The summed E-state index contributed by atoms with van der Waals surface area (Å²) in [5, 5.41) is 19.0. The lowest BCUT2D eigenvalue weighted by atomic mass is 9.86. The summed E-state index contributed by atoms with van der Waals surface area (Å²) in [5.41, 5.74) is -0.596. The normalized spacial score (nSPS) is 19.3. The molecule has 1 aromatic rings. The molecular formula is C12H17NO3. The first-order valence-corrected chi connectivity index (χ1v) is 5.63. The van der Waals surface area contributed by atoms with Gasteiger partial charge in [0, 0.05) is 12.0 Å². The van der Waals surface area contributed by atoms with Gasteiger partial charge in [-0.1, -0.05) is 19.3 Å². The smallest absolute Gasteiger partial charge is 0.283 e. The molecule has 1 fully saturated rings. The zero-order valence-electron chi connectivity index (χ0n) is 11.1. The number of hydrogen-bond acceptors (Lipinski definition) is 3. The van der Waals surface area contributed by atoms with Gasteiger partial charge in [0.1, 0.15) is 0 Å². The molecule has 0 spiro atoms. The molecule has 0 radical (unpaired) electrons. The van der Waals surface area contributed by atoms with Gasteiger partial charge in [0.2, 0.25) is 0 Å². The average molecular weight is 225 g/mol. The molecule has 0 bridgehead atoms. The van der Waals surface area contributed by atoms with Crippen molar-refractivity contribution in [2.45, 2.75) is 44.6 Å². The minimum atomic E-state index is -0.851. The molecule has 0 atom stereocenters. The summed E-state index contributed by atoms with van der Waals surface area (Å²) in [5.74, 6) is -0.0325. The first-order valence-electron chi connectivity index (χ1n) is 6.63. The van der Waals surface area contributed by atoms with E-state index in [0.717, 1.165) is 32.1 Å². The largest absolute Gasteiger partial charge is 0.425 e. The van der Waals surface area contributed by atoms with E-state index in [2.05, 4.69) is 0 Å². The van der Waals surface area contributed by atoms with E-state index in [0.29, 0.717) is 4.73 Å². The first-order chi connectivity index (χ1) is 8.57. The molecular weight excluding hydrogens is 206 g/mol. The van der Waals surface area contributed by atoms with Crippen LogP contribution in [0.5, 0.6) is 0 Å². The molecule has 1 aromatic heterocycles. The van der Waals surface area contributed by atoms with Crippen LogP contribution in [0.3, 0.4) is 0 Å². The maximum Gasteiger partial charge on any atom is 0.283 e. The lowest BCUT2D eigenvalue weighted by molar-refractivity contribution is 0.155. The highest BCUT2D eigenvalue weighted by atomic mass is 16.5. The highest BCUT2D eigenvalue weighted by Gasteiger charge is 2.19. The molecule has 0 unspecified atom stereocenters. The number of hydrogen-bond donors (Lipinski definition) is 2. The molecule has 0 aliphatic heterocycles. The Morgan fingerprint density at radius 3 is 2.69 bits per heavy atom. The van der Waals surface area contributed by atoms with Crippen molar-refractivity contribution in [3.05, 3.63) is 33.7 Å². The SMILES string of the molecule is [2H]c1c(CO)c([2H])c(=O)n(O)c1C1CCCCC1. The van der Waals surface area contributed by atoms with Crippen LogP contribution >= 0.6 is 0 Å². The van der Waals surface area contributed by atoms with Crippen LogP contribution in [0.25, 0.3) is 0 Å². The summed E-state index contributed by atoms with van der Waals surface area (Å²) in [4.78, 5) is 11.7. The Balaban J connectivity index is 2.58. The molecule has 2 rings (SSSR count). The average Bonchev–Trinajstić information content (AvgIpc) is 2.38. The quantitative estimate of drug-likeness (QED) is 0.752. The van der Waals surface area contributed by atoms with Crippen LogP contribution in [-0.4, -0.2) is 15.0 Å². The van der Waals surface area contributed by atoms with E-state index < -0.39 is 18.2 Å². The fourth-order valence-electron chi connectivity index (χ4n) is 2.26. The summed E-state index contributed by atoms with van der Waals surface area (Å²) in [6, 6.07) is -0.568. The molecule has 88 valence electrons. The molecule has 1 aliphatic carbocycles. The molecule has 4 heteroatoms. The summed E-state index contributed by atoms with van der Waals surface area (Å²) in [6.45, 7) is -0.520. The maximum atomic E-state index is 11.7. The van der Waals surface area contributed by atoms with E-state index in [9.17, 15) is 10.0 Å². The Morgan fingerprint density at radius 2 is 2.06 bits per heavy atom. The monoisotopic (exact) mass is 225 g/mol. The minimum Gasteiger partial charge on any atom is -0.425 e. The predicted octanol–water partition coefficient (Wildman–Crippen LogP) is 1.63. The minimum absolute atomic E-state index is 0.00544. The summed E-state index contributed by atoms with van der Waals surface area (Å²) in [7, 11) is 0. The molecule has 0 amide bonds. The van der Waals surface area contributed by atoms with Crippen LogP contribution < -0.4 is 5.56 Å². The second-order valence-electron chi connectivity index (χ2n) is 4.22. The lowest BCUT2D eigenvalue weighted by Crippen LogP contribution is -2.24.